The molecule has 16 heavy (non-hydrogen) atoms. The standard InChI is InChI=1S/C11H12F2N2S/c1-11(6-14,15-2)7-16-8-3-4-9(12)10(13)5-8/h3-5,15H,7H2,1-2H3. The molecule has 1 aromatic carbocycles. The number of thioether (sulfide) groups is 1. The average Bonchev–Trinajstić information content (AvgIpc) is 2.30. The Morgan fingerprint density at radius 1 is 1.44 bits per heavy atom. The Hall–Kier alpha value is -1.12. The molecule has 0 heterocycles. The molecule has 0 aliphatic heterocycles. The van der Waals surface area contributed by atoms with Crippen LogP contribution in [-0.4, -0.2) is 18.3 Å². The monoisotopic (exact) mass is 242 g/mol. The highest BCUT2D eigenvalue weighted by molar-refractivity contribution is 7.99. The summed E-state index contributed by atoms with van der Waals surface area (Å²) < 4.78 is 25.6. The first kappa shape index (κ1) is 12.9. The molecule has 0 radical (unpaired) electrons. The molecule has 1 unspecified atom stereocenters. The highest BCUT2D eigenvalue weighted by atomic mass is 32.2. The van der Waals surface area contributed by atoms with E-state index in [4.69, 9.17) is 5.26 Å². The summed E-state index contributed by atoms with van der Waals surface area (Å²) in [6.45, 7) is 1.75. The molecule has 1 rings (SSSR count). The number of halogens is 2. The average molecular weight is 242 g/mol. The van der Waals surface area contributed by atoms with Crippen LogP contribution in [0.3, 0.4) is 0 Å². The van der Waals surface area contributed by atoms with E-state index in [0.717, 1.165) is 12.1 Å². The van der Waals surface area contributed by atoms with Crippen molar-refractivity contribution in [1.29, 1.82) is 5.26 Å². The second-order valence-corrected chi connectivity index (χ2v) is 4.61. The summed E-state index contributed by atoms with van der Waals surface area (Å²) in [6.07, 6.45) is 0. The molecule has 5 heteroatoms. The van der Waals surface area contributed by atoms with Crippen molar-refractivity contribution < 1.29 is 8.78 Å². The SMILES string of the molecule is CNC(C)(C#N)CSc1ccc(F)c(F)c1. The van der Waals surface area contributed by atoms with Crippen LogP contribution in [0.1, 0.15) is 6.92 Å². The van der Waals surface area contributed by atoms with Crippen molar-refractivity contribution in [2.75, 3.05) is 12.8 Å². The van der Waals surface area contributed by atoms with Gasteiger partial charge in [-0.15, -0.1) is 11.8 Å². The van der Waals surface area contributed by atoms with Gasteiger partial charge >= 0.3 is 0 Å². The summed E-state index contributed by atoms with van der Waals surface area (Å²) >= 11 is 1.31. The Labute approximate surface area is 97.7 Å². The predicted octanol–water partition coefficient (Wildman–Crippen LogP) is 2.56. The third-order valence-corrected chi connectivity index (χ3v) is 3.53. The van der Waals surface area contributed by atoms with Crippen molar-refractivity contribution in [3.63, 3.8) is 0 Å². The van der Waals surface area contributed by atoms with E-state index in [1.54, 1.807) is 14.0 Å². The van der Waals surface area contributed by atoms with E-state index in [1.807, 2.05) is 0 Å². The first-order valence-corrected chi connectivity index (χ1v) is 5.67. The van der Waals surface area contributed by atoms with Crippen molar-refractivity contribution >= 4 is 11.8 Å². The first-order valence-electron chi connectivity index (χ1n) is 4.69. The zero-order valence-electron chi connectivity index (χ0n) is 9.05. The lowest BCUT2D eigenvalue weighted by Crippen LogP contribution is -2.40. The van der Waals surface area contributed by atoms with Crippen molar-refractivity contribution in [3.05, 3.63) is 29.8 Å². The van der Waals surface area contributed by atoms with Gasteiger partial charge in [0.1, 0.15) is 5.54 Å². The normalized spacial score (nSPS) is 14.2. The summed E-state index contributed by atoms with van der Waals surface area (Å²) in [7, 11) is 1.69. The maximum absolute atomic E-state index is 12.9. The number of hydrogen-bond acceptors (Lipinski definition) is 3. The van der Waals surface area contributed by atoms with Crippen LogP contribution in [0.4, 0.5) is 8.78 Å². The van der Waals surface area contributed by atoms with E-state index < -0.39 is 17.2 Å². The fourth-order valence-electron chi connectivity index (χ4n) is 0.955. The zero-order chi connectivity index (χ0) is 12.2. The van der Waals surface area contributed by atoms with Crippen molar-refractivity contribution in [2.24, 2.45) is 0 Å². The third-order valence-electron chi connectivity index (χ3n) is 2.22. The van der Waals surface area contributed by atoms with Crippen LogP contribution in [0.5, 0.6) is 0 Å². The molecule has 0 saturated carbocycles. The minimum Gasteiger partial charge on any atom is -0.302 e. The van der Waals surface area contributed by atoms with E-state index in [-0.39, 0.29) is 0 Å². The van der Waals surface area contributed by atoms with Gasteiger partial charge in [0.25, 0.3) is 0 Å². The minimum absolute atomic E-state index is 0.463. The van der Waals surface area contributed by atoms with Crippen LogP contribution < -0.4 is 5.32 Å². The molecule has 1 atom stereocenters. The molecule has 86 valence electrons. The Balaban J connectivity index is 2.69. The molecule has 2 nitrogen and oxygen atoms in total. The van der Waals surface area contributed by atoms with Crippen LogP contribution in [-0.2, 0) is 0 Å². The zero-order valence-corrected chi connectivity index (χ0v) is 9.87. The van der Waals surface area contributed by atoms with Gasteiger partial charge in [-0.3, -0.25) is 0 Å². The fraction of sp³-hybridized carbons (Fsp3) is 0.364. The molecular weight excluding hydrogens is 230 g/mol. The molecule has 0 spiro atoms. The Morgan fingerprint density at radius 2 is 2.12 bits per heavy atom. The molecule has 1 aromatic rings. The molecule has 0 bridgehead atoms. The maximum Gasteiger partial charge on any atom is 0.159 e. The van der Waals surface area contributed by atoms with Gasteiger partial charge in [0, 0.05) is 10.6 Å². The molecule has 0 aliphatic carbocycles. The largest absolute Gasteiger partial charge is 0.302 e. The topological polar surface area (TPSA) is 35.8 Å². The van der Waals surface area contributed by atoms with Gasteiger partial charge in [0.2, 0.25) is 0 Å². The smallest absolute Gasteiger partial charge is 0.159 e. The summed E-state index contributed by atoms with van der Waals surface area (Å²) in [6, 6.07) is 5.84. The van der Waals surface area contributed by atoms with Gasteiger partial charge in [0.05, 0.1) is 6.07 Å². The summed E-state index contributed by atoms with van der Waals surface area (Å²) in [5.74, 6) is -1.26. The van der Waals surface area contributed by atoms with E-state index in [0.29, 0.717) is 10.6 Å². The van der Waals surface area contributed by atoms with Crippen molar-refractivity contribution in [2.45, 2.75) is 17.4 Å². The van der Waals surface area contributed by atoms with Crippen LogP contribution in [0.25, 0.3) is 0 Å². The van der Waals surface area contributed by atoms with Crippen LogP contribution in [0.2, 0.25) is 0 Å². The van der Waals surface area contributed by atoms with E-state index >= 15 is 0 Å². The lowest BCUT2D eigenvalue weighted by Gasteiger charge is -2.19. The van der Waals surface area contributed by atoms with E-state index in [9.17, 15) is 8.78 Å². The van der Waals surface area contributed by atoms with Gasteiger partial charge in [-0.1, -0.05) is 0 Å². The first-order chi connectivity index (χ1) is 7.50. The molecule has 1 N–H and O–H groups in total. The number of nitrogens with one attached hydrogen (secondary N) is 1. The third kappa shape index (κ3) is 3.19. The van der Waals surface area contributed by atoms with Gasteiger partial charge in [-0.25, -0.2) is 8.78 Å². The fourth-order valence-corrected chi connectivity index (χ4v) is 1.97. The van der Waals surface area contributed by atoms with Gasteiger partial charge in [-0.05, 0) is 32.2 Å². The van der Waals surface area contributed by atoms with Gasteiger partial charge < -0.3 is 5.32 Å². The van der Waals surface area contributed by atoms with Crippen LogP contribution in [0.15, 0.2) is 23.1 Å². The quantitative estimate of drug-likeness (QED) is 0.824. The predicted molar refractivity (Wildman–Crippen MR) is 60.2 cm³/mol. The molecule has 0 amide bonds. The van der Waals surface area contributed by atoms with Crippen molar-refractivity contribution in [3.8, 4) is 6.07 Å². The van der Waals surface area contributed by atoms with Crippen LogP contribution >= 0.6 is 11.8 Å². The lowest BCUT2D eigenvalue weighted by atomic mass is 10.1. The van der Waals surface area contributed by atoms with E-state index in [1.165, 1.54) is 17.8 Å². The molecule has 0 aromatic heterocycles. The van der Waals surface area contributed by atoms with Gasteiger partial charge in [-0.2, -0.15) is 5.26 Å². The molecule has 0 fully saturated rings. The second kappa shape index (κ2) is 5.28. The number of nitrogens with zero attached hydrogens (tertiary/aromatic N) is 1. The Kier molecular flexibility index (Phi) is 4.27. The number of nitriles is 1. The van der Waals surface area contributed by atoms with E-state index in [2.05, 4.69) is 11.4 Å². The summed E-state index contributed by atoms with van der Waals surface area (Å²) in [5.41, 5.74) is -0.671. The Morgan fingerprint density at radius 3 is 2.62 bits per heavy atom. The summed E-state index contributed by atoms with van der Waals surface area (Å²) in [5, 5.41) is 11.8. The number of hydrogen-bond donors (Lipinski definition) is 1. The minimum atomic E-state index is -0.867. The Bertz CT molecular complexity index is 417. The highest BCUT2D eigenvalue weighted by Crippen LogP contribution is 2.23. The highest BCUT2D eigenvalue weighted by Gasteiger charge is 2.21. The molecule has 0 aliphatic rings. The van der Waals surface area contributed by atoms with Crippen LogP contribution in [0, 0.1) is 23.0 Å². The second-order valence-electron chi connectivity index (χ2n) is 3.56. The van der Waals surface area contributed by atoms with Gasteiger partial charge in [0.15, 0.2) is 11.6 Å². The number of benzene rings is 1. The molecular formula is C11H12F2N2S. The van der Waals surface area contributed by atoms with Crippen molar-refractivity contribution in [1.82, 2.24) is 5.32 Å². The summed E-state index contributed by atoms with van der Waals surface area (Å²) in [4.78, 5) is 0.607. The maximum atomic E-state index is 12.9. The number of rotatable bonds is 4. The molecule has 0 saturated heterocycles. The lowest BCUT2D eigenvalue weighted by molar-refractivity contribution is 0.505.